The number of aliphatic imine (C=N–C) groups is 1. The number of piperidine rings is 1. The van der Waals surface area contributed by atoms with Crippen molar-refractivity contribution >= 4 is 41.3 Å². The molecular weight excluding hydrogens is 395 g/mol. The number of guanidine groups is 1. The fourth-order valence-corrected chi connectivity index (χ4v) is 3.12. The number of aromatic nitrogens is 1. The topological polar surface area (TPSA) is 40.5 Å². The van der Waals surface area contributed by atoms with Gasteiger partial charge in [-0.15, -0.1) is 35.3 Å². The molecule has 0 unspecified atom stereocenters. The van der Waals surface area contributed by atoms with Crippen molar-refractivity contribution in [1.29, 1.82) is 0 Å². The quantitative estimate of drug-likeness (QED) is 0.459. The Bertz CT molecular complexity index is 439. The summed E-state index contributed by atoms with van der Waals surface area (Å²) >= 11 is 1.74. The maximum atomic E-state index is 4.76. The molecule has 1 aliphatic heterocycles. The lowest BCUT2D eigenvalue weighted by Crippen LogP contribution is -2.45. The maximum absolute atomic E-state index is 4.76. The number of hydrogen-bond donors (Lipinski definition) is 1. The highest BCUT2D eigenvalue weighted by Gasteiger charge is 2.18. The lowest BCUT2D eigenvalue weighted by molar-refractivity contribution is 0.273. The van der Waals surface area contributed by atoms with Gasteiger partial charge in [0, 0.05) is 25.0 Å². The molecule has 0 saturated carbocycles. The number of halogens is 1. The molecule has 0 amide bonds. The van der Waals surface area contributed by atoms with Crippen LogP contribution in [-0.4, -0.2) is 35.5 Å². The third-order valence-electron chi connectivity index (χ3n) is 3.71. The summed E-state index contributed by atoms with van der Waals surface area (Å²) in [6.07, 6.45) is 3.54. The lowest BCUT2D eigenvalue weighted by Gasteiger charge is -2.32. The lowest BCUT2D eigenvalue weighted by atomic mass is 10.00. The van der Waals surface area contributed by atoms with E-state index in [9.17, 15) is 0 Å². The summed E-state index contributed by atoms with van der Waals surface area (Å²) in [7, 11) is 0. The molecule has 0 spiro atoms. The van der Waals surface area contributed by atoms with Crippen molar-refractivity contribution in [3.05, 3.63) is 16.1 Å². The highest BCUT2D eigenvalue weighted by atomic mass is 127. The predicted octanol–water partition coefficient (Wildman–Crippen LogP) is 3.52. The summed E-state index contributed by atoms with van der Waals surface area (Å²) in [4.78, 5) is 11.7. The second-order valence-electron chi connectivity index (χ2n) is 5.43. The molecule has 2 heterocycles. The highest BCUT2D eigenvalue weighted by molar-refractivity contribution is 14.0. The number of thiazole rings is 1. The minimum Gasteiger partial charge on any atom is -0.357 e. The van der Waals surface area contributed by atoms with E-state index in [1.807, 2.05) is 0 Å². The number of nitrogens with one attached hydrogen (secondary N) is 1. The van der Waals surface area contributed by atoms with E-state index in [1.165, 1.54) is 17.8 Å². The Kier molecular flexibility index (Phi) is 8.55. The molecule has 1 saturated heterocycles. The summed E-state index contributed by atoms with van der Waals surface area (Å²) in [6, 6.07) is 0. The van der Waals surface area contributed by atoms with Crippen molar-refractivity contribution in [3.8, 4) is 0 Å². The molecule has 21 heavy (non-hydrogen) atoms. The van der Waals surface area contributed by atoms with Crippen LogP contribution in [0.5, 0.6) is 0 Å². The van der Waals surface area contributed by atoms with Crippen LogP contribution in [0, 0.1) is 5.92 Å². The van der Waals surface area contributed by atoms with Gasteiger partial charge >= 0.3 is 0 Å². The van der Waals surface area contributed by atoms with E-state index in [4.69, 9.17) is 4.99 Å². The number of likely N-dealkylation sites (tertiary alicyclic amines) is 1. The van der Waals surface area contributed by atoms with Gasteiger partial charge in [-0.3, -0.25) is 0 Å². The molecule has 0 atom stereocenters. The molecule has 0 radical (unpaired) electrons. The monoisotopic (exact) mass is 422 g/mol. The third kappa shape index (κ3) is 5.73. The molecule has 4 nitrogen and oxygen atoms in total. The highest BCUT2D eigenvalue weighted by Crippen LogP contribution is 2.16. The number of nitrogens with zero attached hydrogens (tertiary/aromatic N) is 3. The van der Waals surface area contributed by atoms with E-state index in [-0.39, 0.29) is 24.0 Å². The molecule has 1 fully saturated rings. The zero-order valence-electron chi connectivity index (χ0n) is 13.3. The van der Waals surface area contributed by atoms with Gasteiger partial charge in [0.1, 0.15) is 0 Å². The summed E-state index contributed by atoms with van der Waals surface area (Å²) in [6.45, 7) is 10.4. The standard InChI is InChI=1S/C15H26N4S.HI/c1-4-14-18-13(11-20-14)10-17-15(16-5-2)19-8-6-12(3)7-9-19;/h11-12H,4-10H2,1-3H3,(H,16,17);1H. The van der Waals surface area contributed by atoms with Crippen LogP contribution in [-0.2, 0) is 13.0 Å². The summed E-state index contributed by atoms with van der Waals surface area (Å²) in [5, 5.41) is 6.74. The van der Waals surface area contributed by atoms with E-state index in [0.29, 0.717) is 6.54 Å². The Balaban J connectivity index is 0.00000220. The average Bonchev–Trinajstić information content (AvgIpc) is 2.92. The Morgan fingerprint density at radius 2 is 2.14 bits per heavy atom. The first kappa shape index (κ1) is 18.7. The Morgan fingerprint density at radius 1 is 1.43 bits per heavy atom. The number of hydrogen-bond acceptors (Lipinski definition) is 3. The molecule has 1 aromatic rings. The maximum Gasteiger partial charge on any atom is 0.194 e. The first-order valence-electron chi connectivity index (χ1n) is 7.69. The Morgan fingerprint density at radius 3 is 2.71 bits per heavy atom. The smallest absolute Gasteiger partial charge is 0.194 e. The number of rotatable bonds is 4. The zero-order valence-corrected chi connectivity index (χ0v) is 16.4. The van der Waals surface area contributed by atoms with Crippen LogP contribution in [0.4, 0.5) is 0 Å². The first-order chi connectivity index (χ1) is 9.72. The van der Waals surface area contributed by atoms with Crippen LogP contribution < -0.4 is 5.32 Å². The molecule has 6 heteroatoms. The van der Waals surface area contributed by atoms with Gasteiger partial charge in [0.05, 0.1) is 17.2 Å². The largest absolute Gasteiger partial charge is 0.357 e. The molecule has 120 valence electrons. The molecule has 2 rings (SSSR count). The van der Waals surface area contributed by atoms with E-state index >= 15 is 0 Å². The average molecular weight is 422 g/mol. The van der Waals surface area contributed by atoms with Gasteiger partial charge in [-0.05, 0) is 32.1 Å². The second kappa shape index (κ2) is 9.61. The molecular formula is C15H27IN4S. The molecule has 1 N–H and O–H groups in total. The van der Waals surface area contributed by atoms with Gasteiger partial charge < -0.3 is 10.2 Å². The Labute approximate surface area is 149 Å². The van der Waals surface area contributed by atoms with Crippen molar-refractivity contribution in [1.82, 2.24) is 15.2 Å². The van der Waals surface area contributed by atoms with Crippen molar-refractivity contribution in [2.75, 3.05) is 19.6 Å². The number of aryl methyl sites for hydroxylation is 1. The van der Waals surface area contributed by atoms with E-state index in [0.717, 1.165) is 43.6 Å². The van der Waals surface area contributed by atoms with Gasteiger partial charge in [0.15, 0.2) is 5.96 Å². The predicted molar refractivity (Wildman–Crippen MR) is 102 cm³/mol. The molecule has 1 aliphatic rings. The van der Waals surface area contributed by atoms with Crippen LogP contribution in [0.15, 0.2) is 10.4 Å². The fraction of sp³-hybridized carbons (Fsp3) is 0.733. The normalized spacial score (nSPS) is 16.7. The van der Waals surface area contributed by atoms with E-state index in [2.05, 4.69) is 41.4 Å². The minimum atomic E-state index is 0. The van der Waals surface area contributed by atoms with Gasteiger partial charge in [-0.2, -0.15) is 0 Å². The zero-order chi connectivity index (χ0) is 14.4. The van der Waals surface area contributed by atoms with Gasteiger partial charge in [-0.25, -0.2) is 9.98 Å². The van der Waals surface area contributed by atoms with Crippen molar-refractivity contribution in [2.45, 2.75) is 46.6 Å². The molecule has 1 aromatic heterocycles. The fourth-order valence-electron chi connectivity index (χ4n) is 2.39. The van der Waals surface area contributed by atoms with Crippen LogP contribution in [0.2, 0.25) is 0 Å². The summed E-state index contributed by atoms with van der Waals surface area (Å²) < 4.78 is 0. The van der Waals surface area contributed by atoms with Gasteiger partial charge in [0.2, 0.25) is 0 Å². The SMILES string of the molecule is CCNC(=NCc1csc(CC)n1)N1CCC(C)CC1.I. The summed E-state index contributed by atoms with van der Waals surface area (Å²) in [5.74, 6) is 1.89. The summed E-state index contributed by atoms with van der Waals surface area (Å²) in [5.41, 5.74) is 1.09. The van der Waals surface area contributed by atoms with Crippen molar-refractivity contribution in [2.24, 2.45) is 10.9 Å². The molecule has 0 bridgehead atoms. The molecule has 0 aromatic carbocycles. The first-order valence-corrected chi connectivity index (χ1v) is 8.57. The van der Waals surface area contributed by atoms with Crippen LogP contribution in [0.25, 0.3) is 0 Å². The second-order valence-corrected chi connectivity index (χ2v) is 6.37. The van der Waals surface area contributed by atoms with Crippen molar-refractivity contribution in [3.63, 3.8) is 0 Å². The van der Waals surface area contributed by atoms with Crippen LogP contribution in [0.3, 0.4) is 0 Å². The minimum absolute atomic E-state index is 0. The van der Waals surface area contributed by atoms with E-state index in [1.54, 1.807) is 11.3 Å². The van der Waals surface area contributed by atoms with Crippen LogP contribution in [0.1, 0.15) is 44.3 Å². The third-order valence-corrected chi connectivity index (χ3v) is 4.75. The van der Waals surface area contributed by atoms with E-state index < -0.39 is 0 Å². The van der Waals surface area contributed by atoms with Gasteiger partial charge in [-0.1, -0.05) is 13.8 Å². The Hall–Kier alpha value is -0.370. The van der Waals surface area contributed by atoms with Crippen LogP contribution >= 0.6 is 35.3 Å². The molecule has 0 aliphatic carbocycles. The van der Waals surface area contributed by atoms with Crippen molar-refractivity contribution < 1.29 is 0 Å². The van der Waals surface area contributed by atoms with Gasteiger partial charge in [0.25, 0.3) is 0 Å².